The molecule has 0 aliphatic carbocycles. The van der Waals surface area contributed by atoms with Crippen molar-refractivity contribution in [1.82, 2.24) is 10.2 Å². The van der Waals surface area contributed by atoms with Gasteiger partial charge in [-0.1, -0.05) is 43.3 Å². The summed E-state index contributed by atoms with van der Waals surface area (Å²) in [6, 6.07) is 14.3. The minimum Gasteiger partial charge on any atom is -0.480 e. The van der Waals surface area contributed by atoms with Crippen LogP contribution in [0, 0.1) is 13.8 Å². The fourth-order valence-corrected chi connectivity index (χ4v) is 3.49. The number of aryl methyl sites for hydroxylation is 1. The van der Waals surface area contributed by atoms with Crippen molar-refractivity contribution in [2.75, 3.05) is 26.3 Å². The van der Waals surface area contributed by atoms with Crippen LogP contribution in [-0.4, -0.2) is 43.2 Å². The van der Waals surface area contributed by atoms with E-state index in [1.165, 1.54) is 5.56 Å². The Morgan fingerprint density at radius 3 is 2.62 bits per heavy atom. The second-order valence-corrected chi connectivity index (χ2v) is 7.64. The summed E-state index contributed by atoms with van der Waals surface area (Å²) in [5.74, 6) is 0.700. The maximum Gasteiger partial charge on any atom is 0.261 e. The van der Waals surface area contributed by atoms with E-state index in [4.69, 9.17) is 9.47 Å². The van der Waals surface area contributed by atoms with E-state index in [-0.39, 0.29) is 5.91 Å². The number of benzene rings is 2. The van der Waals surface area contributed by atoms with Crippen LogP contribution in [0.4, 0.5) is 0 Å². The molecule has 156 valence electrons. The Hall–Kier alpha value is -2.37. The molecule has 5 heteroatoms. The Balaban J connectivity index is 1.56. The molecule has 0 unspecified atom stereocenters. The highest BCUT2D eigenvalue weighted by Gasteiger charge is 2.19. The molecule has 2 aromatic carbocycles. The normalized spacial score (nSPS) is 15.7. The molecule has 0 bridgehead atoms. The van der Waals surface area contributed by atoms with Crippen molar-refractivity contribution in [2.24, 2.45) is 0 Å². The topological polar surface area (TPSA) is 50.8 Å². The largest absolute Gasteiger partial charge is 0.480 e. The molecule has 0 saturated carbocycles. The summed E-state index contributed by atoms with van der Waals surface area (Å²) >= 11 is 0. The maximum absolute atomic E-state index is 12.7. The molecule has 3 rings (SSSR count). The van der Waals surface area contributed by atoms with Crippen LogP contribution in [-0.2, 0) is 22.6 Å². The number of hydrogen-bond donors (Lipinski definition) is 1. The van der Waals surface area contributed by atoms with Gasteiger partial charge in [0, 0.05) is 26.2 Å². The van der Waals surface area contributed by atoms with Crippen molar-refractivity contribution >= 4 is 5.91 Å². The number of nitrogens with one attached hydrogen (secondary N) is 1. The van der Waals surface area contributed by atoms with Gasteiger partial charge in [0.25, 0.3) is 5.91 Å². The number of rotatable bonds is 8. The van der Waals surface area contributed by atoms with E-state index in [0.29, 0.717) is 13.0 Å². The van der Waals surface area contributed by atoms with Crippen molar-refractivity contribution in [1.29, 1.82) is 0 Å². The Kier molecular flexibility index (Phi) is 7.67. The van der Waals surface area contributed by atoms with E-state index in [0.717, 1.165) is 55.3 Å². The average Bonchev–Trinajstić information content (AvgIpc) is 2.74. The molecule has 1 saturated heterocycles. The van der Waals surface area contributed by atoms with Gasteiger partial charge in [-0.05, 0) is 48.6 Å². The fourth-order valence-electron chi connectivity index (χ4n) is 3.49. The summed E-state index contributed by atoms with van der Waals surface area (Å²) in [5.41, 5.74) is 4.60. The van der Waals surface area contributed by atoms with E-state index in [1.54, 1.807) is 0 Å². The minimum atomic E-state index is -0.493. The van der Waals surface area contributed by atoms with Gasteiger partial charge in [0.05, 0.1) is 13.2 Å². The molecule has 0 radical (unpaired) electrons. The highest BCUT2D eigenvalue weighted by atomic mass is 16.5. The number of carbonyl (C=O) groups is 1. The summed E-state index contributed by atoms with van der Waals surface area (Å²) in [7, 11) is 0. The monoisotopic (exact) mass is 396 g/mol. The molecular weight excluding hydrogens is 364 g/mol. The Bertz CT molecular complexity index is 816. The van der Waals surface area contributed by atoms with E-state index >= 15 is 0 Å². The third-order valence-electron chi connectivity index (χ3n) is 5.46. The van der Waals surface area contributed by atoms with Gasteiger partial charge < -0.3 is 14.8 Å². The van der Waals surface area contributed by atoms with Crippen LogP contribution >= 0.6 is 0 Å². The SMILES string of the molecule is CC[C@H](Oc1cccc(C)c1C)C(=O)NCc1cccc(CN2CCOCC2)c1. The second kappa shape index (κ2) is 10.4. The quantitative estimate of drug-likeness (QED) is 0.741. The molecule has 1 heterocycles. The predicted octanol–water partition coefficient (Wildman–Crippen LogP) is 3.61. The third-order valence-corrected chi connectivity index (χ3v) is 5.46. The zero-order valence-corrected chi connectivity index (χ0v) is 17.7. The lowest BCUT2D eigenvalue weighted by atomic mass is 10.1. The van der Waals surface area contributed by atoms with Gasteiger partial charge in [0.2, 0.25) is 0 Å². The first-order chi connectivity index (χ1) is 14.1. The van der Waals surface area contributed by atoms with E-state index in [2.05, 4.69) is 34.5 Å². The molecule has 0 spiro atoms. The van der Waals surface area contributed by atoms with Gasteiger partial charge in [-0.25, -0.2) is 0 Å². The number of hydrogen-bond acceptors (Lipinski definition) is 4. The van der Waals surface area contributed by atoms with Crippen molar-refractivity contribution in [2.45, 2.75) is 46.4 Å². The van der Waals surface area contributed by atoms with Crippen LogP contribution in [0.15, 0.2) is 42.5 Å². The summed E-state index contributed by atoms with van der Waals surface area (Å²) in [4.78, 5) is 15.1. The Labute approximate surface area is 174 Å². The molecule has 0 aromatic heterocycles. The minimum absolute atomic E-state index is 0.0769. The first-order valence-corrected chi connectivity index (χ1v) is 10.5. The highest BCUT2D eigenvalue weighted by Crippen LogP contribution is 2.22. The number of ether oxygens (including phenoxy) is 2. The first-order valence-electron chi connectivity index (χ1n) is 10.5. The van der Waals surface area contributed by atoms with Crippen LogP contribution in [0.2, 0.25) is 0 Å². The lowest BCUT2D eigenvalue weighted by molar-refractivity contribution is -0.128. The van der Waals surface area contributed by atoms with Crippen molar-refractivity contribution in [3.63, 3.8) is 0 Å². The van der Waals surface area contributed by atoms with Crippen LogP contribution in [0.1, 0.15) is 35.6 Å². The maximum atomic E-state index is 12.7. The van der Waals surface area contributed by atoms with Gasteiger partial charge in [0.15, 0.2) is 6.10 Å². The fraction of sp³-hybridized carbons (Fsp3) is 0.458. The van der Waals surface area contributed by atoms with Crippen molar-refractivity contribution in [3.05, 3.63) is 64.7 Å². The van der Waals surface area contributed by atoms with E-state index in [1.807, 2.05) is 39.0 Å². The molecule has 2 aromatic rings. The van der Waals surface area contributed by atoms with Crippen molar-refractivity contribution < 1.29 is 14.3 Å². The van der Waals surface area contributed by atoms with Crippen LogP contribution < -0.4 is 10.1 Å². The molecule has 29 heavy (non-hydrogen) atoms. The zero-order chi connectivity index (χ0) is 20.6. The van der Waals surface area contributed by atoms with Gasteiger partial charge in [-0.3, -0.25) is 9.69 Å². The van der Waals surface area contributed by atoms with Gasteiger partial charge in [0.1, 0.15) is 5.75 Å². The smallest absolute Gasteiger partial charge is 0.261 e. The number of amides is 1. The molecular formula is C24H32N2O3. The van der Waals surface area contributed by atoms with E-state index < -0.39 is 6.10 Å². The van der Waals surface area contributed by atoms with Crippen LogP contribution in [0.3, 0.4) is 0 Å². The molecule has 1 aliphatic heterocycles. The van der Waals surface area contributed by atoms with Gasteiger partial charge >= 0.3 is 0 Å². The highest BCUT2D eigenvalue weighted by molar-refractivity contribution is 5.81. The summed E-state index contributed by atoms with van der Waals surface area (Å²) in [5, 5.41) is 3.04. The molecule has 5 nitrogen and oxygen atoms in total. The number of morpholine rings is 1. The average molecular weight is 397 g/mol. The summed E-state index contributed by atoms with van der Waals surface area (Å²) in [6.07, 6.45) is 0.128. The van der Waals surface area contributed by atoms with Gasteiger partial charge in [-0.15, -0.1) is 0 Å². The van der Waals surface area contributed by atoms with Crippen LogP contribution in [0.5, 0.6) is 5.75 Å². The second-order valence-electron chi connectivity index (χ2n) is 7.64. The van der Waals surface area contributed by atoms with Crippen LogP contribution in [0.25, 0.3) is 0 Å². The first kappa shape index (κ1) is 21.3. The van der Waals surface area contributed by atoms with E-state index in [9.17, 15) is 4.79 Å². The zero-order valence-electron chi connectivity index (χ0n) is 17.7. The standard InChI is InChI=1S/C24H32N2O3/c1-4-22(29-23-10-5-7-18(2)19(23)3)24(27)25-16-20-8-6-9-21(15-20)17-26-11-13-28-14-12-26/h5-10,15,22H,4,11-14,16-17H2,1-3H3,(H,25,27)/t22-/m0/s1. The third kappa shape index (κ3) is 6.05. The Morgan fingerprint density at radius 1 is 1.14 bits per heavy atom. The Morgan fingerprint density at radius 2 is 1.86 bits per heavy atom. The lowest BCUT2D eigenvalue weighted by Crippen LogP contribution is -2.37. The van der Waals surface area contributed by atoms with Crippen molar-refractivity contribution in [3.8, 4) is 5.75 Å². The summed E-state index contributed by atoms with van der Waals surface area (Å²) < 4.78 is 11.4. The van der Waals surface area contributed by atoms with Gasteiger partial charge in [-0.2, -0.15) is 0 Å². The molecule has 1 N–H and O–H groups in total. The summed E-state index contributed by atoms with van der Waals surface area (Å²) in [6.45, 7) is 11.0. The number of carbonyl (C=O) groups excluding carboxylic acids is 1. The predicted molar refractivity (Wildman–Crippen MR) is 115 cm³/mol. The molecule has 1 atom stereocenters. The molecule has 1 amide bonds. The lowest BCUT2D eigenvalue weighted by Gasteiger charge is -2.26. The molecule has 1 fully saturated rings. The molecule has 1 aliphatic rings. The number of nitrogens with zero attached hydrogens (tertiary/aromatic N) is 1.